The van der Waals surface area contributed by atoms with Gasteiger partial charge in [-0.15, -0.1) is 0 Å². The average molecular weight is 316 g/mol. The van der Waals surface area contributed by atoms with Gasteiger partial charge in [-0.25, -0.2) is 4.79 Å². The Labute approximate surface area is 135 Å². The van der Waals surface area contributed by atoms with Crippen molar-refractivity contribution >= 4 is 17.7 Å². The zero-order valence-corrected chi connectivity index (χ0v) is 13.7. The number of hydrogen-bond donors (Lipinski definition) is 0. The minimum Gasteiger partial charge on any atom is -0.468 e. The van der Waals surface area contributed by atoms with Gasteiger partial charge in [0.2, 0.25) is 0 Å². The summed E-state index contributed by atoms with van der Waals surface area (Å²) in [5.74, 6) is -2.05. The van der Waals surface area contributed by atoms with Crippen LogP contribution in [0.5, 0.6) is 0 Å². The fourth-order valence-electron chi connectivity index (χ4n) is 2.87. The van der Waals surface area contributed by atoms with Gasteiger partial charge in [0.1, 0.15) is 5.92 Å². The molecular weight excluding hydrogens is 296 g/mol. The molecule has 0 saturated carbocycles. The second kappa shape index (κ2) is 7.17. The molecule has 6 nitrogen and oxygen atoms in total. The molecule has 0 aliphatic carbocycles. The third kappa shape index (κ3) is 3.31. The highest BCUT2D eigenvalue weighted by Gasteiger charge is 2.42. The summed E-state index contributed by atoms with van der Waals surface area (Å²) >= 11 is 0. The molecule has 122 valence electrons. The van der Waals surface area contributed by atoms with E-state index in [1.54, 1.807) is 45.3 Å². The Morgan fingerprint density at radius 2 is 1.87 bits per heavy atom. The number of methoxy groups -OCH3 is 1. The molecule has 1 aliphatic heterocycles. The minimum absolute atomic E-state index is 0.254. The molecule has 2 atom stereocenters. The van der Waals surface area contributed by atoms with E-state index in [0.29, 0.717) is 17.0 Å². The van der Waals surface area contributed by atoms with Crippen LogP contribution in [0.15, 0.2) is 40.8 Å². The number of ether oxygens (including phenoxy) is 2. The third-order valence-electron chi connectivity index (χ3n) is 3.84. The average Bonchev–Trinajstić information content (AvgIpc) is 2.54. The Morgan fingerprint density at radius 3 is 2.43 bits per heavy atom. The topological polar surface area (TPSA) is 77.8 Å². The molecule has 0 radical (unpaired) electrons. The van der Waals surface area contributed by atoms with Gasteiger partial charge in [-0.1, -0.05) is 0 Å². The molecule has 0 saturated heterocycles. The number of allylic oxidation sites excluding steroid dienone is 1. The van der Waals surface area contributed by atoms with Crippen LogP contribution in [0.4, 0.5) is 0 Å². The molecule has 2 unspecified atom stereocenters. The van der Waals surface area contributed by atoms with Gasteiger partial charge in [0.15, 0.2) is 0 Å². The monoisotopic (exact) mass is 316 g/mol. The van der Waals surface area contributed by atoms with E-state index in [-0.39, 0.29) is 6.61 Å². The number of rotatable bonds is 4. The van der Waals surface area contributed by atoms with Gasteiger partial charge in [0.05, 0.1) is 19.3 Å². The first kappa shape index (κ1) is 16.9. The van der Waals surface area contributed by atoms with E-state index in [9.17, 15) is 9.59 Å². The number of aliphatic imine (C=N–C) groups is 1. The Morgan fingerprint density at radius 1 is 1.22 bits per heavy atom. The summed E-state index contributed by atoms with van der Waals surface area (Å²) in [6, 6.07) is 3.57. The molecule has 6 heteroatoms. The fraction of sp³-hybridized carbons (Fsp3) is 0.412. The van der Waals surface area contributed by atoms with E-state index < -0.39 is 23.8 Å². The zero-order chi connectivity index (χ0) is 17.0. The second-order valence-corrected chi connectivity index (χ2v) is 5.23. The number of pyridine rings is 1. The molecule has 2 heterocycles. The van der Waals surface area contributed by atoms with Crippen LogP contribution in [-0.2, 0) is 19.1 Å². The van der Waals surface area contributed by atoms with Crippen LogP contribution in [-0.4, -0.2) is 36.4 Å². The molecule has 0 bridgehead atoms. The van der Waals surface area contributed by atoms with Crippen molar-refractivity contribution in [2.45, 2.75) is 26.7 Å². The van der Waals surface area contributed by atoms with Crippen molar-refractivity contribution in [3.8, 4) is 0 Å². The maximum Gasteiger partial charge on any atom is 0.336 e. The number of esters is 2. The molecule has 1 aromatic rings. The lowest BCUT2D eigenvalue weighted by molar-refractivity contribution is -0.144. The number of aromatic nitrogens is 1. The molecular formula is C17H20N2O4. The van der Waals surface area contributed by atoms with Crippen LogP contribution < -0.4 is 0 Å². The highest BCUT2D eigenvalue weighted by molar-refractivity contribution is 6.06. The van der Waals surface area contributed by atoms with E-state index in [2.05, 4.69) is 9.98 Å². The standard InChI is InChI=1S/C17H20N2O4/c1-5-23-17(21)14-11(3)19-10(2)13(16(20)22-4)15(14)12-6-8-18-9-7-12/h6-9,13,15H,5H2,1-4H3. The molecule has 0 amide bonds. The van der Waals surface area contributed by atoms with Gasteiger partial charge in [-0.05, 0) is 38.5 Å². The SMILES string of the molecule is CCOC(=O)C1=C(C)N=C(C)C(C(=O)OC)C1c1ccncc1. The van der Waals surface area contributed by atoms with E-state index >= 15 is 0 Å². The quantitative estimate of drug-likeness (QED) is 0.796. The molecule has 23 heavy (non-hydrogen) atoms. The summed E-state index contributed by atoms with van der Waals surface area (Å²) in [7, 11) is 1.33. The van der Waals surface area contributed by atoms with Crippen molar-refractivity contribution in [1.29, 1.82) is 0 Å². The van der Waals surface area contributed by atoms with Gasteiger partial charge < -0.3 is 9.47 Å². The molecule has 1 aromatic heterocycles. The van der Waals surface area contributed by atoms with Gasteiger partial charge >= 0.3 is 11.9 Å². The second-order valence-electron chi connectivity index (χ2n) is 5.23. The van der Waals surface area contributed by atoms with Crippen LogP contribution in [0.25, 0.3) is 0 Å². The van der Waals surface area contributed by atoms with E-state index in [1.807, 2.05) is 0 Å². The normalized spacial score (nSPS) is 20.8. The van der Waals surface area contributed by atoms with Crippen LogP contribution in [0, 0.1) is 5.92 Å². The first-order valence-corrected chi connectivity index (χ1v) is 7.42. The lowest BCUT2D eigenvalue weighted by Crippen LogP contribution is -2.36. The lowest BCUT2D eigenvalue weighted by atomic mass is 9.76. The largest absolute Gasteiger partial charge is 0.468 e. The predicted molar refractivity (Wildman–Crippen MR) is 84.9 cm³/mol. The number of carbonyl (C=O) groups is 2. The Bertz CT molecular complexity index is 664. The summed E-state index contributed by atoms with van der Waals surface area (Å²) in [6.45, 7) is 5.51. The molecule has 0 fully saturated rings. The Hall–Kier alpha value is -2.50. The fourth-order valence-corrected chi connectivity index (χ4v) is 2.87. The maximum atomic E-state index is 12.4. The first-order chi connectivity index (χ1) is 11.0. The Balaban J connectivity index is 2.61. The van der Waals surface area contributed by atoms with Crippen molar-refractivity contribution < 1.29 is 19.1 Å². The van der Waals surface area contributed by atoms with Gasteiger partial charge in [-0.2, -0.15) is 0 Å². The van der Waals surface area contributed by atoms with E-state index in [0.717, 1.165) is 5.56 Å². The van der Waals surface area contributed by atoms with Crippen LogP contribution in [0.3, 0.4) is 0 Å². The van der Waals surface area contributed by atoms with E-state index in [1.165, 1.54) is 7.11 Å². The van der Waals surface area contributed by atoms with Crippen LogP contribution in [0.1, 0.15) is 32.3 Å². The summed E-state index contributed by atoms with van der Waals surface area (Å²) < 4.78 is 10.1. The van der Waals surface area contributed by atoms with Crippen molar-refractivity contribution in [2.24, 2.45) is 10.9 Å². The number of hydrogen-bond acceptors (Lipinski definition) is 6. The lowest BCUT2D eigenvalue weighted by Gasteiger charge is -2.31. The number of carbonyl (C=O) groups excluding carboxylic acids is 2. The molecule has 2 rings (SSSR count). The van der Waals surface area contributed by atoms with Gasteiger partial charge in [0, 0.05) is 29.7 Å². The highest BCUT2D eigenvalue weighted by atomic mass is 16.5. The highest BCUT2D eigenvalue weighted by Crippen LogP contribution is 2.39. The van der Waals surface area contributed by atoms with E-state index in [4.69, 9.17) is 9.47 Å². The van der Waals surface area contributed by atoms with Gasteiger partial charge in [0.25, 0.3) is 0 Å². The zero-order valence-electron chi connectivity index (χ0n) is 13.7. The summed E-state index contributed by atoms with van der Waals surface area (Å²) in [6.07, 6.45) is 3.26. The van der Waals surface area contributed by atoms with Gasteiger partial charge in [-0.3, -0.25) is 14.8 Å². The molecule has 1 aliphatic rings. The first-order valence-electron chi connectivity index (χ1n) is 7.42. The molecule has 0 spiro atoms. The molecule has 0 aromatic carbocycles. The van der Waals surface area contributed by atoms with Crippen molar-refractivity contribution in [3.63, 3.8) is 0 Å². The van der Waals surface area contributed by atoms with Crippen molar-refractivity contribution in [3.05, 3.63) is 41.4 Å². The summed E-state index contributed by atoms with van der Waals surface area (Å²) in [5.41, 5.74) is 2.36. The Kier molecular flexibility index (Phi) is 5.26. The van der Waals surface area contributed by atoms with Crippen LogP contribution in [0.2, 0.25) is 0 Å². The maximum absolute atomic E-state index is 12.4. The summed E-state index contributed by atoms with van der Waals surface area (Å²) in [5, 5.41) is 0. The molecule has 0 N–H and O–H groups in total. The smallest absolute Gasteiger partial charge is 0.336 e. The third-order valence-corrected chi connectivity index (χ3v) is 3.84. The summed E-state index contributed by atoms with van der Waals surface area (Å²) in [4.78, 5) is 33.1. The number of nitrogens with zero attached hydrogens (tertiary/aromatic N) is 2. The predicted octanol–water partition coefficient (Wildman–Crippen LogP) is 2.27. The van der Waals surface area contributed by atoms with Crippen LogP contribution >= 0.6 is 0 Å². The van der Waals surface area contributed by atoms with Crippen molar-refractivity contribution in [2.75, 3.05) is 13.7 Å². The minimum atomic E-state index is -0.662. The van der Waals surface area contributed by atoms with Crippen molar-refractivity contribution in [1.82, 2.24) is 4.98 Å².